The van der Waals surface area contributed by atoms with Gasteiger partial charge in [0.1, 0.15) is 12.2 Å². The number of carbonyl (C=O) groups is 1. The van der Waals surface area contributed by atoms with Gasteiger partial charge in [0.2, 0.25) is 0 Å². The summed E-state index contributed by atoms with van der Waals surface area (Å²) in [7, 11) is 0. The van der Waals surface area contributed by atoms with Crippen LogP contribution in [0.25, 0.3) is 0 Å². The Bertz CT molecular complexity index is 429. The molecule has 0 amide bonds. The van der Waals surface area contributed by atoms with Crippen LogP contribution in [0.15, 0.2) is 30.3 Å². The zero-order chi connectivity index (χ0) is 15.1. The summed E-state index contributed by atoms with van der Waals surface area (Å²) in [5, 5.41) is 0. The molecule has 3 nitrogen and oxygen atoms in total. The molecule has 1 aromatic rings. The van der Waals surface area contributed by atoms with Crippen molar-refractivity contribution in [3.05, 3.63) is 35.9 Å². The minimum absolute atomic E-state index is 0.101. The van der Waals surface area contributed by atoms with Crippen LogP contribution in [0, 0.1) is 0 Å². The van der Waals surface area contributed by atoms with E-state index in [0.717, 1.165) is 12.8 Å². The molecule has 0 spiro atoms. The van der Waals surface area contributed by atoms with Gasteiger partial charge in [0.05, 0.1) is 11.7 Å². The Balaban J connectivity index is 1.75. The largest absolute Gasteiger partial charge is 0.456 e. The fraction of sp³-hybridized carbons (Fsp3) is 0.611. The minimum atomic E-state index is -0.248. The van der Waals surface area contributed by atoms with E-state index >= 15 is 0 Å². The molecule has 116 valence electrons. The number of benzene rings is 1. The monoisotopic (exact) mass is 290 g/mol. The molecule has 0 saturated carbocycles. The number of unbranched alkanes of at least 4 members (excludes halogenated alkanes) is 3. The van der Waals surface area contributed by atoms with Crippen LogP contribution in [0.5, 0.6) is 0 Å². The number of hydrogen-bond acceptors (Lipinski definition) is 3. The van der Waals surface area contributed by atoms with Crippen LogP contribution in [0.2, 0.25) is 0 Å². The average Bonchev–Trinajstić information content (AvgIpc) is 3.29. The molecule has 1 aliphatic heterocycles. The van der Waals surface area contributed by atoms with Crippen molar-refractivity contribution in [3.8, 4) is 0 Å². The second-order valence-corrected chi connectivity index (χ2v) is 5.71. The standard InChI is InChI=1S/C18H26O3/c1-3-5-6-10-13-16-17(20-16)15(4-2)21-18(19)14-11-8-7-9-12-14/h7-9,11-12,15-17H,3-6,10,13H2,1-2H3. The molecule has 0 aromatic heterocycles. The summed E-state index contributed by atoms with van der Waals surface area (Å²) in [5.41, 5.74) is 0.607. The normalized spacial score (nSPS) is 21.8. The number of hydrogen-bond donors (Lipinski definition) is 0. The molecule has 0 aliphatic carbocycles. The van der Waals surface area contributed by atoms with E-state index in [-0.39, 0.29) is 24.3 Å². The van der Waals surface area contributed by atoms with E-state index in [1.807, 2.05) is 25.1 Å². The maximum absolute atomic E-state index is 12.1. The Labute approximate surface area is 127 Å². The first-order valence-electron chi connectivity index (χ1n) is 8.17. The molecule has 1 aliphatic rings. The summed E-state index contributed by atoms with van der Waals surface area (Å²) in [4.78, 5) is 12.1. The van der Waals surface area contributed by atoms with E-state index < -0.39 is 0 Å². The molecule has 2 rings (SSSR count). The smallest absolute Gasteiger partial charge is 0.338 e. The molecule has 3 heteroatoms. The predicted octanol–water partition coefficient (Wildman–Crippen LogP) is 4.36. The Morgan fingerprint density at radius 2 is 1.95 bits per heavy atom. The van der Waals surface area contributed by atoms with Gasteiger partial charge >= 0.3 is 5.97 Å². The van der Waals surface area contributed by atoms with E-state index in [1.54, 1.807) is 12.1 Å². The summed E-state index contributed by atoms with van der Waals surface area (Å²) >= 11 is 0. The Kier molecular flexibility index (Phi) is 6.24. The molecule has 0 radical (unpaired) electrons. The van der Waals surface area contributed by atoms with Crippen LogP contribution >= 0.6 is 0 Å². The maximum atomic E-state index is 12.1. The lowest BCUT2D eigenvalue weighted by molar-refractivity contribution is 0.0220. The predicted molar refractivity (Wildman–Crippen MR) is 83.4 cm³/mol. The number of ether oxygens (including phenoxy) is 2. The molecule has 0 bridgehead atoms. The van der Waals surface area contributed by atoms with E-state index in [2.05, 4.69) is 6.92 Å². The van der Waals surface area contributed by atoms with Crippen molar-refractivity contribution in [3.63, 3.8) is 0 Å². The van der Waals surface area contributed by atoms with Crippen LogP contribution < -0.4 is 0 Å². The highest BCUT2D eigenvalue weighted by Gasteiger charge is 2.45. The zero-order valence-electron chi connectivity index (χ0n) is 13.1. The van der Waals surface area contributed by atoms with Crippen LogP contribution in [0.1, 0.15) is 62.7 Å². The van der Waals surface area contributed by atoms with Crippen molar-refractivity contribution in [2.75, 3.05) is 0 Å². The number of epoxide rings is 1. The first-order chi connectivity index (χ1) is 10.3. The summed E-state index contributed by atoms with van der Waals surface area (Å²) in [5.74, 6) is -0.248. The first kappa shape index (κ1) is 16.0. The highest BCUT2D eigenvalue weighted by molar-refractivity contribution is 5.89. The second kappa shape index (κ2) is 8.18. The van der Waals surface area contributed by atoms with E-state index in [9.17, 15) is 4.79 Å². The highest BCUT2D eigenvalue weighted by Crippen LogP contribution is 2.33. The van der Waals surface area contributed by atoms with Gasteiger partial charge in [-0.1, -0.05) is 57.7 Å². The first-order valence-corrected chi connectivity index (χ1v) is 8.17. The third kappa shape index (κ3) is 4.85. The fourth-order valence-corrected chi connectivity index (χ4v) is 2.65. The van der Waals surface area contributed by atoms with E-state index in [0.29, 0.717) is 5.56 Å². The van der Waals surface area contributed by atoms with Crippen molar-refractivity contribution in [1.82, 2.24) is 0 Å². The SMILES string of the molecule is CCCCCCC1OC1C(CC)OC(=O)c1ccccc1. The van der Waals surface area contributed by atoms with Crippen molar-refractivity contribution in [2.24, 2.45) is 0 Å². The maximum Gasteiger partial charge on any atom is 0.338 e. The van der Waals surface area contributed by atoms with Crippen molar-refractivity contribution >= 4 is 5.97 Å². The van der Waals surface area contributed by atoms with Crippen molar-refractivity contribution in [2.45, 2.75) is 70.7 Å². The lowest BCUT2D eigenvalue weighted by Gasteiger charge is -2.14. The van der Waals surface area contributed by atoms with Gasteiger partial charge in [-0.3, -0.25) is 0 Å². The van der Waals surface area contributed by atoms with E-state index in [4.69, 9.17) is 9.47 Å². The molecule has 21 heavy (non-hydrogen) atoms. The van der Waals surface area contributed by atoms with Crippen LogP contribution in [-0.4, -0.2) is 24.3 Å². The van der Waals surface area contributed by atoms with Gasteiger partial charge in [-0.25, -0.2) is 4.79 Å². The lowest BCUT2D eigenvalue weighted by Crippen LogP contribution is -2.24. The quantitative estimate of drug-likeness (QED) is 0.385. The number of esters is 1. The molecule has 3 atom stereocenters. The number of rotatable bonds is 9. The lowest BCUT2D eigenvalue weighted by atomic mass is 10.1. The van der Waals surface area contributed by atoms with Gasteiger partial charge in [0, 0.05) is 0 Å². The van der Waals surface area contributed by atoms with Gasteiger partial charge in [-0.05, 0) is 25.0 Å². The average molecular weight is 290 g/mol. The molecular weight excluding hydrogens is 264 g/mol. The zero-order valence-corrected chi connectivity index (χ0v) is 13.1. The molecule has 3 unspecified atom stereocenters. The summed E-state index contributed by atoms with van der Waals surface area (Å²) in [6.45, 7) is 4.26. The molecule has 1 aromatic carbocycles. The molecule has 1 fully saturated rings. The topological polar surface area (TPSA) is 38.8 Å². The molecule has 0 N–H and O–H groups in total. The molecular formula is C18H26O3. The molecule has 1 saturated heterocycles. The third-order valence-corrected chi connectivity index (χ3v) is 4.00. The van der Waals surface area contributed by atoms with Gasteiger partial charge in [-0.2, -0.15) is 0 Å². The summed E-state index contributed by atoms with van der Waals surface area (Å²) < 4.78 is 11.3. The van der Waals surface area contributed by atoms with Gasteiger partial charge in [0.25, 0.3) is 0 Å². The van der Waals surface area contributed by atoms with Crippen molar-refractivity contribution in [1.29, 1.82) is 0 Å². The fourth-order valence-electron chi connectivity index (χ4n) is 2.65. The summed E-state index contributed by atoms with van der Waals surface area (Å²) in [6, 6.07) is 9.16. The van der Waals surface area contributed by atoms with Crippen molar-refractivity contribution < 1.29 is 14.3 Å². The Morgan fingerprint density at radius 1 is 1.19 bits per heavy atom. The molecule has 1 heterocycles. The highest BCUT2D eigenvalue weighted by atomic mass is 16.6. The van der Waals surface area contributed by atoms with E-state index in [1.165, 1.54) is 25.7 Å². The second-order valence-electron chi connectivity index (χ2n) is 5.71. The number of carbonyl (C=O) groups excluding carboxylic acids is 1. The Morgan fingerprint density at radius 3 is 2.62 bits per heavy atom. The van der Waals surface area contributed by atoms with Crippen LogP contribution in [-0.2, 0) is 9.47 Å². The third-order valence-electron chi connectivity index (χ3n) is 4.00. The minimum Gasteiger partial charge on any atom is -0.456 e. The van der Waals surface area contributed by atoms with Gasteiger partial charge < -0.3 is 9.47 Å². The van der Waals surface area contributed by atoms with Gasteiger partial charge in [0.15, 0.2) is 0 Å². The van der Waals surface area contributed by atoms with Gasteiger partial charge in [-0.15, -0.1) is 0 Å². The Hall–Kier alpha value is -1.35. The summed E-state index contributed by atoms with van der Waals surface area (Å²) in [6.07, 6.45) is 7.17. The van der Waals surface area contributed by atoms with Crippen LogP contribution in [0.4, 0.5) is 0 Å². The van der Waals surface area contributed by atoms with Crippen LogP contribution in [0.3, 0.4) is 0 Å².